The number of benzene rings is 2. The molecule has 3 aromatic rings. The fourth-order valence-electron chi connectivity index (χ4n) is 8.86. The smallest absolute Gasteiger partial charge is 0.252 e. The highest BCUT2D eigenvalue weighted by atomic mass is 35.5. The third-order valence-corrected chi connectivity index (χ3v) is 13.0. The van der Waals surface area contributed by atoms with Crippen molar-refractivity contribution >= 4 is 58.5 Å². The number of fused-ring (bicyclic) bond motifs is 2. The fraction of sp³-hybridized carbons (Fsp3) is 0.484. The molecule has 1 aliphatic heterocycles. The number of halogens is 2. The second-order valence-corrected chi connectivity index (χ2v) is 15.8. The molecule has 4 saturated carbocycles. The van der Waals surface area contributed by atoms with Crippen LogP contribution in [0.2, 0.25) is 10.0 Å². The molecule has 7 nitrogen and oxygen atoms in total. The molecule has 11 heteroatoms. The summed E-state index contributed by atoms with van der Waals surface area (Å²) in [6.45, 7) is 0. The monoisotopic (exact) mass is 639 g/mol. The number of rotatable bonds is 6. The first-order chi connectivity index (χ1) is 20.3. The number of nitrogens with zero attached hydrogens (tertiary/aromatic N) is 4. The summed E-state index contributed by atoms with van der Waals surface area (Å²) >= 11 is 16.0. The Morgan fingerprint density at radius 1 is 1.05 bits per heavy atom. The summed E-state index contributed by atoms with van der Waals surface area (Å²) in [6.07, 6.45) is 9.05. The van der Waals surface area contributed by atoms with Gasteiger partial charge in [-0.25, -0.2) is 5.01 Å². The Morgan fingerprint density at radius 3 is 2.52 bits per heavy atom. The van der Waals surface area contributed by atoms with Gasteiger partial charge in [0.05, 0.1) is 22.2 Å². The minimum atomic E-state index is -0.545. The van der Waals surface area contributed by atoms with Crippen LogP contribution in [0.25, 0.3) is 5.69 Å². The van der Waals surface area contributed by atoms with Gasteiger partial charge in [0, 0.05) is 10.4 Å². The maximum atomic E-state index is 13.4. The maximum absolute atomic E-state index is 13.4. The highest BCUT2D eigenvalue weighted by Crippen LogP contribution is 2.61. The summed E-state index contributed by atoms with van der Waals surface area (Å²) in [5.41, 5.74) is 6.08. The van der Waals surface area contributed by atoms with Crippen LogP contribution in [-0.2, 0) is 26.3 Å². The first kappa shape index (κ1) is 27.4. The lowest BCUT2D eigenvalue weighted by atomic mass is 9.49. The second kappa shape index (κ2) is 10.2. The van der Waals surface area contributed by atoms with Crippen LogP contribution in [0.5, 0.6) is 0 Å². The van der Waals surface area contributed by atoms with Gasteiger partial charge in [0.15, 0.2) is 5.16 Å². The van der Waals surface area contributed by atoms with Crippen LogP contribution in [0.1, 0.15) is 61.9 Å². The lowest BCUT2D eigenvalue weighted by Crippen LogP contribution is -2.52. The van der Waals surface area contributed by atoms with Crippen LogP contribution < -0.4 is 5.43 Å². The Bertz CT molecular complexity index is 1580. The largest absolute Gasteiger partial charge is 0.272 e. The molecule has 2 amide bonds. The Balaban J connectivity index is 1.08. The first-order valence-corrected chi connectivity index (χ1v) is 17.5. The summed E-state index contributed by atoms with van der Waals surface area (Å²) in [5.74, 6) is 3.31. The highest BCUT2D eigenvalue weighted by molar-refractivity contribution is 8.01. The Hall–Kier alpha value is -2.20. The van der Waals surface area contributed by atoms with Crippen LogP contribution in [0.3, 0.4) is 0 Å². The molecule has 1 unspecified atom stereocenters. The van der Waals surface area contributed by atoms with Crippen LogP contribution in [0.4, 0.5) is 0 Å². The van der Waals surface area contributed by atoms with Crippen molar-refractivity contribution in [3.63, 3.8) is 0 Å². The van der Waals surface area contributed by atoms with E-state index in [9.17, 15) is 9.59 Å². The minimum absolute atomic E-state index is 0.0206. The van der Waals surface area contributed by atoms with E-state index in [1.165, 1.54) is 36.6 Å². The second-order valence-electron chi connectivity index (χ2n) is 12.7. The van der Waals surface area contributed by atoms with Crippen LogP contribution >= 0.6 is 46.7 Å². The van der Waals surface area contributed by atoms with Crippen molar-refractivity contribution in [3.8, 4) is 5.69 Å². The van der Waals surface area contributed by atoms with Gasteiger partial charge in [-0.05, 0) is 98.4 Å². The normalized spacial score (nSPS) is 30.9. The quantitative estimate of drug-likeness (QED) is 0.309. The standard InChI is InChI=1S/C31H31Cl2N5O2S2/c32-22-5-6-25(24(33)12-22)37-28(30-13-18-9-19(14-30)11-20(10-18)15-30)34-35-29(37)41-16-26(39)36-38-27(40)17-42-31(38)8-7-21-3-1-2-4-23(21)31/h1-6,12,18-20H,7-11,13-17H2,(H,36,39). The number of hydrogen-bond acceptors (Lipinski definition) is 6. The van der Waals surface area contributed by atoms with E-state index in [4.69, 9.17) is 28.3 Å². The topological polar surface area (TPSA) is 80.1 Å². The number of hydrogen-bond donors (Lipinski definition) is 1. The SMILES string of the molecule is O=C(CSc1nnc(C23CC4CC(CC(C4)C2)C3)n1-c1ccc(Cl)cc1Cl)NN1C(=O)CSC12CCc1ccccc12. The molecule has 1 aromatic heterocycles. The van der Waals surface area contributed by atoms with Crippen molar-refractivity contribution in [1.29, 1.82) is 0 Å². The van der Waals surface area contributed by atoms with Gasteiger partial charge in [0.25, 0.3) is 5.91 Å². The fourth-order valence-corrected chi connectivity index (χ4v) is 11.5. The van der Waals surface area contributed by atoms with E-state index in [2.05, 4.69) is 27.2 Å². The zero-order valence-corrected chi connectivity index (χ0v) is 26.2. The average Bonchev–Trinajstić information content (AvgIpc) is 3.64. The predicted molar refractivity (Wildman–Crippen MR) is 166 cm³/mol. The van der Waals surface area contributed by atoms with Gasteiger partial charge in [-0.2, -0.15) is 0 Å². The number of carbonyl (C=O) groups excluding carboxylic acids is 2. The molecule has 2 aromatic carbocycles. The lowest BCUT2D eigenvalue weighted by molar-refractivity contribution is -0.141. The third kappa shape index (κ3) is 4.32. The molecule has 42 heavy (non-hydrogen) atoms. The molecule has 1 N–H and O–H groups in total. The van der Waals surface area contributed by atoms with E-state index < -0.39 is 4.87 Å². The molecule has 0 radical (unpaired) electrons. The summed E-state index contributed by atoms with van der Waals surface area (Å²) in [6, 6.07) is 13.7. The molecule has 5 fully saturated rings. The number of aryl methyl sites for hydroxylation is 1. The number of thioether (sulfide) groups is 2. The van der Waals surface area contributed by atoms with Gasteiger partial charge in [-0.1, -0.05) is 59.2 Å². The summed E-state index contributed by atoms with van der Waals surface area (Å²) in [4.78, 5) is 25.9. The minimum Gasteiger partial charge on any atom is -0.272 e. The Morgan fingerprint density at radius 2 is 1.79 bits per heavy atom. The van der Waals surface area contributed by atoms with Crippen molar-refractivity contribution in [2.45, 2.75) is 66.8 Å². The van der Waals surface area contributed by atoms with Crippen LogP contribution in [-0.4, -0.2) is 43.1 Å². The molecular formula is C31H31Cl2N5O2S2. The predicted octanol–water partition coefficient (Wildman–Crippen LogP) is 6.54. The molecule has 1 spiro atoms. The van der Waals surface area contributed by atoms with E-state index in [0.29, 0.717) is 21.0 Å². The number of aromatic nitrogens is 3. The molecule has 1 saturated heterocycles. The summed E-state index contributed by atoms with van der Waals surface area (Å²) in [5, 5.41) is 12.8. The molecule has 6 aliphatic rings. The van der Waals surface area contributed by atoms with Gasteiger partial charge >= 0.3 is 0 Å². The van der Waals surface area contributed by atoms with Crippen molar-refractivity contribution < 1.29 is 9.59 Å². The Labute approximate surface area is 263 Å². The molecule has 1 atom stereocenters. The van der Waals surface area contributed by atoms with E-state index in [1.54, 1.807) is 22.8 Å². The van der Waals surface area contributed by atoms with Crippen LogP contribution in [0, 0.1) is 17.8 Å². The number of amides is 2. The molecule has 4 bridgehead atoms. The van der Waals surface area contributed by atoms with E-state index in [-0.39, 0.29) is 23.0 Å². The molecule has 9 rings (SSSR count). The maximum Gasteiger partial charge on any atom is 0.252 e. The zero-order valence-electron chi connectivity index (χ0n) is 23.0. The van der Waals surface area contributed by atoms with E-state index in [1.807, 2.05) is 24.3 Å². The Kier molecular flexibility index (Phi) is 6.63. The molecule has 2 heterocycles. The number of hydrazine groups is 1. The highest BCUT2D eigenvalue weighted by Gasteiger charge is 2.55. The van der Waals surface area contributed by atoms with Crippen molar-refractivity contribution in [2.75, 3.05) is 11.5 Å². The molecule has 218 valence electrons. The van der Waals surface area contributed by atoms with Crippen molar-refractivity contribution in [1.82, 2.24) is 25.2 Å². The van der Waals surface area contributed by atoms with Gasteiger partial charge < -0.3 is 0 Å². The summed E-state index contributed by atoms with van der Waals surface area (Å²) in [7, 11) is 0. The zero-order chi connectivity index (χ0) is 28.6. The number of carbonyl (C=O) groups is 2. The average molecular weight is 641 g/mol. The lowest BCUT2D eigenvalue weighted by Gasteiger charge is -2.56. The summed E-state index contributed by atoms with van der Waals surface area (Å²) < 4.78 is 2.08. The van der Waals surface area contributed by atoms with E-state index >= 15 is 0 Å². The van der Waals surface area contributed by atoms with E-state index in [0.717, 1.165) is 66.9 Å². The van der Waals surface area contributed by atoms with Gasteiger partial charge in [0.1, 0.15) is 10.7 Å². The third-order valence-electron chi connectivity index (χ3n) is 10.1. The number of nitrogens with one attached hydrogen (secondary N) is 1. The van der Waals surface area contributed by atoms with Crippen LogP contribution in [0.15, 0.2) is 47.6 Å². The van der Waals surface area contributed by atoms with Gasteiger partial charge in [-0.3, -0.25) is 19.6 Å². The molecular weight excluding hydrogens is 609 g/mol. The first-order valence-electron chi connectivity index (χ1n) is 14.7. The van der Waals surface area contributed by atoms with Gasteiger partial charge in [-0.15, -0.1) is 22.0 Å². The van der Waals surface area contributed by atoms with Gasteiger partial charge in [0.2, 0.25) is 5.91 Å². The van der Waals surface area contributed by atoms with Crippen molar-refractivity contribution in [2.24, 2.45) is 17.8 Å². The molecule has 5 aliphatic carbocycles. The van der Waals surface area contributed by atoms with Crippen molar-refractivity contribution in [3.05, 3.63) is 69.5 Å².